The summed E-state index contributed by atoms with van der Waals surface area (Å²) in [4.78, 5) is 27.6. The standard InChI is InChI=1S/C18H12F3N3O3S/c19-18(20,21)11-5-7-12(8-6-11)23-17-24-15(22)14(28-17)13(25)9-1-3-10(4-2-9)16(26)27/h1-8H,22H2,(H,23,24)(H,26,27). The van der Waals surface area contributed by atoms with Crippen molar-refractivity contribution in [1.82, 2.24) is 4.98 Å². The second-order valence-electron chi connectivity index (χ2n) is 5.65. The summed E-state index contributed by atoms with van der Waals surface area (Å²) in [6.07, 6.45) is -4.43. The molecule has 0 radical (unpaired) electrons. The molecule has 0 saturated carbocycles. The van der Waals surface area contributed by atoms with E-state index >= 15 is 0 Å². The third-order valence-corrected chi connectivity index (χ3v) is 4.70. The lowest BCUT2D eigenvalue weighted by Crippen LogP contribution is -2.04. The summed E-state index contributed by atoms with van der Waals surface area (Å²) in [6.45, 7) is 0. The van der Waals surface area contributed by atoms with Crippen LogP contribution in [0.25, 0.3) is 0 Å². The van der Waals surface area contributed by atoms with Crippen molar-refractivity contribution in [3.05, 3.63) is 70.1 Å². The molecular weight excluding hydrogens is 395 g/mol. The molecule has 0 saturated heterocycles. The minimum Gasteiger partial charge on any atom is -0.478 e. The van der Waals surface area contributed by atoms with Gasteiger partial charge >= 0.3 is 12.1 Å². The molecule has 1 heterocycles. The molecule has 10 heteroatoms. The maximum Gasteiger partial charge on any atom is 0.416 e. The van der Waals surface area contributed by atoms with E-state index in [9.17, 15) is 22.8 Å². The lowest BCUT2D eigenvalue weighted by Gasteiger charge is -2.07. The molecule has 0 bridgehead atoms. The number of nitrogens with zero attached hydrogens (tertiary/aromatic N) is 1. The molecule has 1 aromatic heterocycles. The van der Waals surface area contributed by atoms with Crippen LogP contribution in [-0.4, -0.2) is 21.8 Å². The van der Waals surface area contributed by atoms with Crippen LogP contribution in [0.3, 0.4) is 0 Å². The third kappa shape index (κ3) is 4.12. The van der Waals surface area contributed by atoms with Crippen LogP contribution in [0, 0.1) is 0 Å². The average molecular weight is 407 g/mol. The van der Waals surface area contributed by atoms with Gasteiger partial charge in [-0.1, -0.05) is 23.5 Å². The lowest BCUT2D eigenvalue weighted by molar-refractivity contribution is -0.137. The number of nitrogens with one attached hydrogen (secondary N) is 1. The fourth-order valence-electron chi connectivity index (χ4n) is 2.31. The Hall–Kier alpha value is -3.40. The number of rotatable bonds is 5. The number of hydrogen-bond donors (Lipinski definition) is 3. The van der Waals surface area contributed by atoms with Gasteiger partial charge in [-0.3, -0.25) is 4.79 Å². The molecule has 3 aromatic rings. The molecule has 0 aliphatic heterocycles. The molecule has 0 atom stereocenters. The van der Waals surface area contributed by atoms with E-state index in [0.29, 0.717) is 5.69 Å². The molecular formula is C18H12F3N3O3S. The topological polar surface area (TPSA) is 105 Å². The Morgan fingerprint density at radius 2 is 1.57 bits per heavy atom. The molecule has 144 valence electrons. The van der Waals surface area contributed by atoms with Crippen molar-refractivity contribution in [2.45, 2.75) is 6.18 Å². The molecule has 3 rings (SSSR count). The Morgan fingerprint density at radius 3 is 2.11 bits per heavy atom. The molecule has 2 aromatic carbocycles. The second-order valence-corrected chi connectivity index (χ2v) is 6.64. The van der Waals surface area contributed by atoms with Crippen LogP contribution >= 0.6 is 11.3 Å². The number of carbonyl (C=O) groups excluding carboxylic acids is 1. The first-order chi connectivity index (χ1) is 13.1. The summed E-state index contributed by atoms with van der Waals surface area (Å²) < 4.78 is 37.8. The van der Waals surface area contributed by atoms with Crippen molar-refractivity contribution in [3.63, 3.8) is 0 Å². The minimum absolute atomic E-state index is 0.0354. The van der Waals surface area contributed by atoms with Gasteiger partial charge in [0.1, 0.15) is 10.7 Å². The number of thiazole rings is 1. The molecule has 0 spiro atoms. The number of aromatic carboxylic acids is 1. The molecule has 0 aliphatic carbocycles. The Balaban J connectivity index is 1.79. The first-order valence-corrected chi connectivity index (χ1v) is 8.55. The number of ketones is 1. The van der Waals surface area contributed by atoms with Gasteiger partial charge in [-0.2, -0.15) is 13.2 Å². The van der Waals surface area contributed by atoms with Crippen LogP contribution in [0.1, 0.15) is 31.2 Å². The van der Waals surface area contributed by atoms with Crippen LogP contribution in [0.2, 0.25) is 0 Å². The van der Waals surface area contributed by atoms with E-state index < -0.39 is 23.5 Å². The lowest BCUT2D eigenvalue weighted by atomic mass is 10.1. The number of anilines is 3. The van der Waals surface area contributed by atoms with Crippen molar-refractivity contribution in [3.8, 4) is 0 Å². The summed E-state index contributed by atoms with van der Waals surface area (Å²) in [7, 11) is 0. The third-order valence-electron chi connectivity index (χ3n) is 3.72. The molecule has 6 nitrogen and oxygen atoms in total. The number of hydrogen-bond acceptors (Lipinski definition) is 6. The highest BCUT2D eigenvalue weighted by molar-refractivity contribution is 7.18. The number of alkyl halides is 3. The fraction of sp³-hybridized carbons (Fsp3) is 0.0556. The maximum atomic E-state index is 12.6. The van der Waals surface area contributed by atoms with E-state index in [1.54, 1.807) is 0 Å². The predicted octanol–water partition coefficient (Wildman–Crippen LogP) is 4.42. The number of carboxylic acids is 1. The van der Waals surface area contributed by atoms with E-state index in [2.05, 4.69) is 10.3 Å². The van der Waals surface area contributed by atoms with Crippen LogP contribution in [0.5, 0.6) is 0 Å². The van der Waals surface area contributed by atoms with Crippen LogP contribution in [0.15, 0.2) is 48.5 Å². The van der Waals surface area contributed by atoms with Gasteiger partial charge in [-0.25, -0.2) is 9.78 Å². The SMILES string of the molecule is Nc1nc(Nc2ccc(C(F)(F)F)cc2)sc1C(=O)c1ccc(C(=O)O)cc1. The van der Waals surface area contributed by atoms with Crippen LogP contribution in [0.4, 0.5) is 29.8 Å². The van der Waals surface area contributed by atoms with Gasteiger partial charge in [0.2, 0.25) is 5.78 Å². The average Bonchev–Trinajstić information content (AvgIpc) is 3.01. The van der Waals surface area contributed by atoms with Crippen LogP contribution < -0.4 is 11.1 Å². The minimum atomic E-state index is -4.43. The Kier molecular flexibility index (Phi) is 5.06. The van der Waals surface area contributed by atoms with E-state index in [1.165, 1.54) is 36.4 Å². The largest absolute Gasteiger partial charge is 0.478 e. The number of carboxylic acid groups (broad SMARTS) is 1. The van der Waals surface area contributed by atoms with Crippen molar-refractivity contribution in [2.24, 2.45) is 0 Å². The monoisotopic (exact) mass is 407 g/mol. The number of nitrogens with two attached hydrogens (primary N) is 1. The maximum absolute atomic E-state index is 12.6. The summed E-state index contributed by atoms with van der Waals surface area (Å²) in [5.41, 5.74) is 5.64. The van der Waals surface area contributed by atoms with E-state index in [0.717, 1.165) is 23.5 Å². The van der Waals surface area contributed by atoms with Gasteiger partial charge in [-0.05, 0) is 36.4 Å². The summed E-state index contributed by atoms with van der Waals surface area (Å²) in [5, 5.41) is 11.9. The smallest absolute Gasteiger partial charge is 0.416 e. The van der Waals surface area contributed by atoms with Gasteiger partial charge in [-0.15, -0.1) is 0 Å². The second kappa shape index (κ2) is 7.31. The van der Waals surface area contributed by atoms with Crippen molar-refractivity contribution < 1.29 is 27.9 Å². The first-order valence-electron chi connectivity index (χ1n) is 7.74. The van der Waals surface area contributed by atoms with E-state index in [-0.39, 0.29) is 27.0 Å². The van der Waals surface area contributed by atoms with Gasteiger partial charge in [0.05, 0.1) is 11.1 Å². The van der Waals surface area contributed by atoms with E-state index in [4.69, 9.17) is 10.8 Å². The zero-order chi connectivity index (χ0) is 20.5. The van der Waals surface area contributed by atoms with Gasteiger partial charge in [0, 0.05) is 11.3 Å². The molecule has 0 aliphatic rings. The zero-order valence-electron chi connectivity index (χ0n) is 13.9. The fourth-order valence-corrected chi connectivity index (χ4v) is 3.18. The summed E-state index contributed by atoms with van der Waals surface area (Å²) in [6, 6.07) is 9.67. The zero-order valence-corrected chi connectivity index (χ0v) is 14.8. The van der Waals surface area contributed by atoms with Gasteiger partial charge in [0.25, 0.3) is 0 Å². The molecule has 0 unspecified atom stereocenters. The number of benzene rings is 2. The highest BCUT2D eigenvalue weighted by Crippen LogP contribution is 2.32. The highest BCUT2D eigenvalue weighted by Gasteiger charge is 2.30. The number of carbonyl (C=O) groups is 2. The number of halogens is 3. The predicted molar refractivity (Wildman–Crippen MR) is 98.1 cm³/mol. The Bertz CT molecular complexity index is 1030. The molecule has 28 heavy (non-hydrogen) atoms. The Morgan fingerprint density at radius 1 is 1.00 bits per heavy atom. The van der Waals surface area contributed by atoms with E-state index in [1.807, 2.05) is 0 Å². The van der Waals surface area contributed by atoms with Crippen LogP contribution in [-0.2, 0) is 6.18 Å². The van der Waals surface area contributed by atoms with Gasteiger partial charge < -0.3 is 16.2 Å². The molecule has 0 amide bonds. The molecule has 4 N–H and O–H groups in total. The van der Waals surface area contributed by atoms with Crippen molar-refractivity contribution >= 4 is 39.7 Å². The van der Waals surface area contributed by atoms with Crippen molar-refractivity contribution in [1.29, 1.82) is 0 Å². The quantitative estimate of drug-likeness (QED) is 0.541. The van der Waals surface area contributed by atoms with Crippen molar-refractivity contribution in [2.75, 3.05) is 11.1 Å². The summed E-state index contributed by atoms with van der Waals surface area (Å²) in [5.74, 6) is -1.58. The Labute approximate surface area is 160 Å². The highest BCUT2D eigenvalue weighted by atomic mass is 32.1. The molecule has 0 fully saturated rings. The number of nitrogen functional groups attached to an aromatic ring is 1. The van der Waals surface area contributed by atoms with Gasteiger partial charge in [0.15, 0.2) is 5.13 Å². The normalized spacial score (nSPS) is 11.2. The first kappa shape index (κ1) is 19.4. The summed E-state index contributed by atoms with van der Waals surface area (Å²) >= 11 is 0.942. The number of aromatic nitrogens is 1.